The largest absolute Gasteiger partial charge is 0.352 e. The second-order valence-electron chi connectivity index (χ2n) is 4.58. The van der Waals surface area contributed by atoms with Crippen molar-refractivity contribution >= 4 is 5.91 Å². The molecule has 0 radical (unpaired) electrons. The Hall–Kier alpha value is -0.570. The number of nitrogens with two attached hydrogens (primary N) is 1. The van der Waals surface area contributed by atoms with E-state index in [0.717, 1.165) is 19.3 Å². The number of carbonyl (C=O) groups excluding carboxylic acids is 1. The number of rotatable bonds is 4. The molecule has 1 aliphatic rings. The third-order valence-corrected chi connectivity index (χ3v) is 3.54. The van der Waals surface area contributed by atoms with Crippen molar-refractivity contribution in [1.29, 1.82) is 0 Å². The molecule has 3 heteroatoms. The summed E-state index contributed by atoms with van der Waals surface area (Å²) in [6.45, 7) is 4.15. The predicted octanol–water partition coefficient (Wildman–Crippen LogP) is 1.81. The lowest BCUT2D eigenvalue weighted by molar-refractivity contribution is -0.123. The van der Waals surface area contributed by atoms with Gasteiger partial charge in [0.2, 0.25) is 5.91 Å². The maximum atomic E-state index is 11.7. The molecule has 0 bridgehead atoms. The average molecular weight is 212 g/mol. The minimum Gasteiger partial charge on any atom is -0.352 e. The Morgan fingerprint density at radius 3 is 2.67 bits per heavy atom. The van der Waals surface area contributed by atoms with Crippen LogP contribution in [0.15, 0.2) is 0 Å². The van der Waals surface area contributed by atoms with Crippen LogP contribution in [0.1, 0.15) is 52.4 Å². The summed E-state index contributed by atoms with van der Waals surface area (Å²) in [5.41, 5.74) is 5.71. The van der Waals surface area contributed by atoms with Gasteiger partial charge in [0, 0.05) is 6.04 Å². The number of amides is 1. The molecule has 0 aromatic heterocycles. The smallest absolute Gasteiger partial charge is 0.237 e. The first-order valence-corrected chi connectivity index (χ1v) is 6.25. The lowest BCUT2D eigenvalue weighted by Gasteiger charge is -2.32. The highest BCUT2D eigenvalue weighted by molar-refractivity contribution is 5.81. The average Bonchev–Trinajstić information content (AvgIpc) is 2.28. The standard InChI is InChI=1S/C12H24N2O/c1-3-9-7-5-6-8-11(9)14-12(15)10(13)4-2/h9-11H,3-8,13H2,1-2H3,(H,14,15)/t9?,10-,11?/m1/s1. The molecule has 0 aromatic carbocycles. The molecule has 0 spiro atoms. The molecule has 3 nitrogen and oxygen atoms in total. The third-order valence-electron chi connectivity index (χ3n) is 3.54. The molecule has 15 heavy (non-hydrogen) atoms. The summed E-state index contributed by atoms with van der Waals surface area (Å²) in [6.07, 6.45) is 6.80. The van der Waals surface area contributed by atoms with E-state index >= 15 is 0 Å². The lowest BCUT2D eigenvalue weighted by atomic mass is 9.83. The zero-order valence-corrected chi connectivity index (χ0v) is 9.96. The summed E-state index contributed by atoms with van der Waals surface area (Å²) in [6, 6.07) is 0.0401. The van der Waals surface area contributed by atoms with E-state index in [0.29, 0.717) is 12.0 Å². The number of hydrogen-bond donors (Lipinski definition) is 2. The lowest BCUT2D eigenvalue weighted by Crippen LogP contribution is -2.48. The zero-order valence-electron chi connectivity index (χ0n) is 9.96. The fraction of sp³-hybridized carbons (Fsp3) is 0.917. The van der Waals surface area contributed by atoms with Crippen LogP contribution in [0.5, 0.6) is 0 Å². The van der Waals surface area contributed by atoms with Crippen LogP contribution in [0.3, 0.4) is 0 Å². The van der Waals surface area contributed by atoms with Gasteiger partial charge in [-0.1, -0.05) is 33.1 Å². The van der Waals surface area contributed by atoms with Gasteiger partial charge >= 0.3 is 0 Å². The SMILES string of the molecule is CCC1CCCCC1NC(=O)[C@H](N)CC. The van der Waals surface area contributed by atoms with Crippen LogP contribution in [0.2, 0.25) is 0 Å². The molecule has 88 valence electrons. The summed E-state index contributed by atoms with van der Waals surface area (Å²) in [7, 11) is 0. The first-order valence-electron chi connectivity index (χ1n) is 6.25. The van der Waals surface area contributed by atoms with Gasteiger partial charge in [-0.05, 0) is 25.2 Å². The second kappa shape index (κ2) is 6.11. The van der Waals surface area contributed by atoms with Crippen molar-refractivity contribution in [1.82, 2.24) is 5.32 Å². The Bertz CT molecular complexity index is 206. The maximum Gasteiger partial charge on any atom is 0.237 e. The number of nitrogens with one attached hydrogen (secondary N) is 1. The second-order valence-corrected chi connectivity index (χ2v) is 4.58. The molecule has 3 N–H and O–H groups in total. The van der Waals surface area contributed by atoms with Crippen LogP contribution in [0, 0.1) is 5.92 Å². The molecule has 1 saturated carbocycles. The van der Waals surface area contributed by atoms with E-state index < -0.39 is 0 Å². The Morgan fingerprint density at radius 2 is 2.07 bits per heavy atom. The Balaban J connectivity index is 2.44. The highest BCUT2D eigenvalue weighted by atomic mass is 16.2. The van der Waals surface area contributed by atoms with E-state index in [9.17, 15) is 4.79 Å². The van der Waals surface area contributed by atoms with Gasteiger partial charge in [-0.3, -0.25) is 4.79 Å². The molecule has 0 aromatic rings. The normalized spacial score (nSPS) is 28.5. The molecule has 0 heterocycles. The van der Waals surface area contributed by atoms with Gasteiger partial charge in [0.25, 0.3) is 0 Å². The van der Waals surface area contributed by atoms with E-state index in [1.807, 2.05) is 6.92 Å². The minimum atomic E-state index is -0.329. The van der Waals surface area contributed by atoms with Crippen LogP contribution in [-0.2, 0) is 4.79 Å². The molecular formula is C12H24N2O. The van der Waals surface area contributed by atoms with Crippen LogP contribution < -0.4 is 11.1 Å². The highest BCUT2D eigenvalue weighted by Crippen LogP contribution is 2.26. The van der Waals surface area contributed by atoms with Crippen LogP contribution in [-0.4, -0.2) is 18.0 Å². The van der Waals surface area contributed by atoms with Gasteiger partial charge in [-0.2, -0.15) is 0 Å². The van der Waals surface area contributed by atoms with Gasteiger partial charge in [0.05, 0.1) is 6.04 Å². The van der Waals surface area contributed by atoms with Crippen molar-refractivity contribution in [2.45, 2.75) is 64.5 Å². The monoisotopic (exact) mass is 212 g/mol. The minimum absolute atomic E-state index is 0.0304. The van der Waals surface area contributed by atoms with Crippen molar-refractivity contribution < 1.29 is 4.79 Å². The van der Waals surface area contributed by atoms with E-state index in [-0.39, 0.29) is 11.9 Å². The molecule has 1 fully saturated rings. The van der Waals surface area contributed by atoms with Gasteiger partial charge in [-0.25, -0.2) is 0 Å². The summed E-state index contributed by atoms with van der Waals surface area (Å²) in [4.78, 5) is 11.7. The van der Waals surface area contributed by atoms with E-state index in [1.54, 1.807) is 0 Å². The zero-order chi connectivity index (χ0) is 11.3. The van der Waals surface area contributed by atoms with Crippen molar-refractivity contribution in [3.05, 3.63) is 0 Å². The Labute approximate surface area is 92.8 Å². The quantitative estimate of drug-likeness (QED) is 0.746. The molecule has 0 saturated heterocycles. The first-order chi connectivity index (χ1) is 7.19. The van der Waals surface area contributed by atoms with E-state index in [2.05, 4.69) is 12.2 Å². The molecular weight excluding hydrogens is 188 g/mol. The van der Waals surface area contributed by atoms with Crippen LogP contribution >= 0.6 is 0 Å². The van der Waals surface area contributed by atoms with E-state index in [4.69, 9.17) is 5.73 Å². The van der Waals surface area contributed by atoms with Gasteiger partial charge in [0.1, 0.15) is 0 Å². The molecule has 1 aliphatic carbocycles. The summed E-state index contributed by atoms with van der Waals surface area (Å²) >= 11 is 0. The third kappa shape index (κ3) is 3.49. The summed E-state index contributed by atoms with van der Waals surface area (Å²) in [5, 5.41) is 3.11. The van der Waals surface area contributed by atoms with Crippen molar-refractivity contribution in [3.63, 3.8) is 0 Å². The van der Waals surface area contributed by atoms with Gasteiger partial charge < -0.3 is 11.1 Å². The Morgan fingerprint density at radius 1 is 1.40 bits per heavy atom. The number of hydrogen-bond acceptors (Lipinski definition) is 2. The molecule has 0 aliphatic heterocycles. The molecule has 3 atom stereocenters. The van der Waals surface area contributed by atoms with E-state index in [1.165, 1.54) is 19.3 Å². The molecule has 1 amide bonds. The first kappa shape index (κ1) is 12.5. The number of carbonyl (C=O) groups is 1. The molecule has 1 rings (SSSR count). The summed E-state index contributed by atoms with van der Waals surface area (Å²) < 4.78 is 0. The Kier molecular flexibility index (Phi) is 5.09. The van der Waals surface area contributed by atoms with Crippen molar-refractivity contribution in [2.75, 3.05) is 0 Å². The van der Waals surface area contributed by atoms with Crippen molar-refractivity contribution in [3.8, 4) is 0 Å². The fourth-order valence-corrected chi connectivity index (χ4v) is 2.36. The molecule has 2 unspecified atom stereocenters. The van der Waals surface area contributed by atoms with Crippen LogP contribution in [0.4, 0.5) is 0 Å². The topological polar surface area (TPSA) is 55.1 Å². The predicted molar refractivity (Wildman–Crippen MR) is 62.4 cm³/mol. The fourth-order valence-electron chi connectivity index (χ4n) is 2.36. The van der Waals surface area contributed by atoms with Crippen molar-refractivity contribution in [2.24, 2.45) is 11.7 Å². The summed E-state index contributed by atoms with van der Waals surface area (Å²) in [5.74, 6) is 0.689. The van der Waals surface area contributed by atoms with Gasteiger partial charge in [-0.15, -0.1) is 0 Å². The maximum absolute atomic E-state index is 11.7. The van der Waals surface area contributed by atoms with Gasteiger partial charge in [0.15, 0.2) is 0 Å². The van der Waals surface area contributed by atoms with Crippen LogP contribution in [0.25, 0.3) is 0 Å². The highest BCUT2D eigenvalue weighted by Gasteiger charge is 2.26.